The zero-order valence-electron chi connectivity index (χ0n) is 19.7. The van der Waals surface area contributed by atoms with Gasteiger partial charge in [0.2, 0.25) is 5.91 Å². The van der Waals surface area contributed by atoms with Crippen LogP contribution in [0.25, 0.3) is 0 Å². The minimum absolute atomic E-state index is 0.0000940. The lowest BCUT2D eigenvalue weighted by atomic mass is 9.51. The molecule has 3 N–H and O–H groups in total. The molecule has 178 valence electrons. The summed E-state index contributed by atoms with van der Waals surface area (Å²) in [5.74, 6) is -0.274. The first kappa shape index (κ1) is 23.9. The lowest BCUT2D eigenvalue weighted by Crippen LogP contribution is -2.58. The number of amides is 2. The molecule has 0 unspecified atom stereocenters. The lowest BCUT2D eigenvalue weighted by Gasteiger charge is -2.56. The van der Waals surface area contributed by atoms with Gasteiger partial charge in [0.05, 0.1) is 12.6 Å². The van der Waals surface area contributed by atoms with E-state index in [9.17, 15) is 14.7 Å². The van der Waals surface area contributed by atoms with Gasteiger partial charge < -0.3 is 15.7 Å². The van der Waals surface area contributed by atoms with Gasteiger partial charge in [-0.3, -0.25) is 14.6 Å². The quantitative estimate of drug-likeness (QED) is 0.596. The van der Waals surface area contributed by atoms with Crippen LogP contribution in [0.15, 0.2) is 42.0 Å². The van der Waals surface area contributed by atoms with E-state index >= 15 is 0 Å². The van der Waals surface area contributed by atoms with Crippen molar-refractivity contribution in [3.63, 3.8) is 0 Å². The third-order valence-corrected chi connectivity index (χ3v) is 9.10. The molecule has 7 heteroatoms. The number of carbonyl (C=O) groups is 2. The number of hydrogen-bond acceptors (Lipinski definition) is 5. The van der Waals surface area contributed by atoms with Crippen molar-refractivity contribution in [3.05, 3.63) is 52.5 Å². The Bertz CT molecular complexity index is 951. The van der Waals surface area contributed by atoms with E-state index < -0.39 is 6.10 Å². The first-order valence-electron chi connectivity index (χ1n) is 12.0. The average molecular weight is 470 g/mol. The van der Waals surface area contributed by atoms with Crippen LogP contribution in [-0.2, 0) is 11.3 Å². The molecule has 0 aromatic carbocycles. The van der Waals surface area contributed by atoms with E-state index in [1.54, 1.807) is 35.9 Å². The molecule has 2 heterocycles. The molecule has 2 fully saturated rings. The second-order valence-electron chi connectivity index (χ2n) is 10.2. The van der Waals surface area contributed by atoms with E-state index in [-0.39, 0.29) is 46.9 Å². The number of rotatable bonds is 6. The first-order valence-corrected chi connectivity index (χ1v) is 12.9. The van der Waals surface area contributed by atoms with Gasteiger partial charge >= 0.3 is 0 Å². The van der Waals surface area contributed by atoms with Crippen LogP contribution >= 0.6 is 11.3 Å². The topological polar surface area (TPSA) is 91.3 Å². The second kappa shape index (κ2) is 9.94. The third kappa shape index (κ3) is 4.99. The number of hydrogen-bond donors (Lipinski definition) is 3. The van der Waals surface area contributed by atoms with Crippen molar-refractivity contribution >= 4 is 23.2 Å². The predicted molar refractivity (Wildman–Crippen MR) is 130 cm³/mol. The molecule has 6 nitrogen and oxygen atoms in total. The van der Waals surface area contributed by atoms with Crippen LogP contribution in [0, 0.1) is 29.1 Å². The Kier molecular flexibility index (Phi) is 7.19. The average Bonchev–Trinajstić information content (AvgIpc) is 3.33. The first-order chi connectivity index (χ1) is 15.8. The van der Waals surface area contributed by atoms with Crippen molar-refractivity contribution in [2.24, 2.45) is 29.1 Å². The SMILES string of the molecule is C[C@@H]1[C@@H]2[C@@H](O)[C@H]([C@H](C)C(=O)NCc3cccs3)CC[C@]2(C)CC[C@@H]1NC(=O)c1ccncc1. The van der Waals surface area contributed by atoms with Crippen LogP contribution < -0.4 is 10.6 Å². The van der Waals surface area contributed by atoms with Crippen molar-refractivity contribution in [1.29, 1.82) is 0 Å². The van der Waals surface area contributed by atoms with E-state index in [1.807, 2.05) is 24.4 Å². The summed E-state index contributed by atoms with van der Waals surface area (Å²) < 4.78 is 0. The fourth-order valence-corrected chi connectivity index (χ4v) is 6.84. The zero-order valence-corrected chi connectivity index (χ0v) is 20.5. The summed E-state index contributed by atoms with van der Waals surface area (Å²) in [6.07, 6.45) is 6.39. The Hall–Kier alpha value is -2.25. The molecule has 0 bridgehead atoms. The van der Waals surface area contributed by atoms with E-state index in [1.165, 1.54) is 0 Å². The Morgan fingerprint density at radius 1 is 1.24 bits per heavy atom. The summed E-state index contributed by atoms with van der Waals surface area (Å²) in [7, 11) is 0. The molecular weight excluding hydrogens is 434 g/mol. The monoisotopic (exact) mass is 469 g/mol. The van der Waals surface area contributed by atoms with E-state index in [0.717, 1.165) is 30.6 Å². The fraction of sp³-hybridized carbons (Fsp3) is 0.577. The molecule has 4 rings (SSSR count). The van der Waals surface area contributed by atoms with Gasteiger partial charge in [0.15, 0.2) is 0 Å². The van der Waals surface area contributed by atoms with Crippen molar-refractivity contribution in [3.8, 4) is 0 Å². The maximum absolute atomic E-state index is 12.9. The van der Waals surface area contributed by atoms with Crippen molar-refractivity contribution in [1.82, 2.24) is 15.6 Å². The highest BCUT2D eigenvalue weighted by Gasteiger charge is 2.53. The summed E-state index contributed by atoms with van der Waals surface area (Å²) >= 11 is 1.63. The van der Waals surface area contributed by atoms with E-state index in [2.05, 4.69) is 29.5 Å². The Balaban J connectivity index is 1.43. The summed E-state index contributed by atoms with van der Waals surface area (Å²) in [5.41, 5.74) is 0.629. The molecule has 0 radical (unpaired) electrons. The van der Waals surface area contributed by atoms with E-state index in [4.69, 9.17) is 0 Å². The van der Waals surface area contributed by atoms with E-state index in [0.29, 0.717) is 12.1 Å². The molecule has 0 aliphatic heterocycles. The van der Waals surface area contributed by atoms with Gasteiger partial charge in [0, 0.05) is 34.8 Å². The van der Waals surface area contributed by atoms with Crippen molar-refractivity contribution in [2.45, 2.75) is 65.1 Å². The largest absolute Gasteiger partial charge is 0.392 e. The summed E-state index contributed by atoms with van der Waals surface area (Å²) in [6.45, 7) is 6.89. The number of aromatic nitrogens is 1. The number of aliphatic hydroxyl groups is 1. The van der Waals surface area contributed by atoms with Crippen LogP contribution in [-0.4, -0.2) is 34.1 Å². The Labute approximate surface area is 200 Å². The number of aliphatic hydroxyl groups excluding tert-OH is 1. The smallest absolute Gasteiger partial charge is 0.251 e. The third-order valence-electron chi connectivity index (χ3n) is 8.22. The van der Waals surface area contributed by atoms with Crippen LogP contribution in [0.2, 0.25) is 0 Å². The normalized spacial score (nSPS) is 32.4. The van der Waals surface area contributed by atoms with Gasteiger partial charge in [-0.05, 0) is 72.4 Å². The molecule has 7 atom stereocenters. The van der Waals surface area contributed by atoms with Gasteiger partial charge in [-0.1, -0.05) is 26.8 Å². The van der Waals surface area contributed by atoms with Gasteiger partial charge in [0.25, 0.3) is 5.91 Å². The lowest BCUT2D eigenvalue weighted by molar-refractivity contribution is -0.142. The number of carbonyl (C=O) groups excluding carboxylic acids is 2. The van der Waals surface area contributed by atoms with Crippen LogP contribution in [0.5, 0.6) is 0 Å². The highest BCUT2D eigenvalue weighted by atomic mass is 32.1. The standard InChI is InChI=1S/C26H35N3O3S/c1-16(24(31)28-15-19-5-4-14-33-19)20-6-10-26(3)11-7-21(17(2)22(26)23(20)30)29-25(32)18-8-12-27-13-9-18/h4-5,8-9,12-14,16-17,20-23,30H,6-7,10-11,15H2,1-3H3,(H,28,31)(H,29,32)/t16-,17-,20-,21-,22+,23-,26+/m0/s1. The minimum atomic E-state index is -0.568. The number of nitrogens with one attached hydrogen (secondary N) is 2. The highest BCUT2D eigenvalue weighted by Crippen LogP contribution is 2.55. The van der Waals surface area contributed by atoms with Gasteiger partial charge in [-0.15, -0.1) is 11.3 Å². The van der Waals surface area contributed by atoms with Gasteiger partial charge in [-0.2, -0.15) is 0 Å². The maximum atomic E-state index is 12.9. The molecule has 33 heavy (non-hydrogen) atoms. The summed E-state index contributed by atoms with van der Waals surface area (Å²) in [4.78, 5) is 30.8. The molecule has 2 saturated carbocycles. The molecule has 0 saturated heterocycles. The minimum Gasteiger partial charge on any atom is -0.392 e. The Morgan fingerprint density at radius 2 is 1.97 bits per heavy atom. The summed E-state index contributed by atoms with van der Waals surface area (Å²) in [5, 5.41) is 19.8. The number of fused-ring (bicyclic) bond motifs is 1. The van der Waals surface area contributed by atoms with Crippen molar-refractivity contribution in [2.75, 3.05) is 0 Å². The molecule has 2 aliphatic carbocycles. The molecule has 2 aromatic heterocycles. The van der Waals surface area contributed by atoms with Crippen LogP contribution in [0.4, 0.5) is 0 Å². The van der Waals surface area contributed by atoms with Gasteiger partial charge in [0.1, 0.15) is 0 Å². The van der Waals surface area contributed by atoms with Gasteiger partial charge in [-0.25, -0.2) is 0 Å². The molecule has 2 amide bonds. The fourth-order valence-electron chi connectivity index (χ4n) is 6.20. The zero-order chi connectivity index (χ0) is 23.6. The molecule has 0 spiro atoms. The number of nitrogens with zero attached hydrogens (tertiary/aromatic N) is 1. The second-order valence-corrected chi connectivity index (χ2v) is 11.2. The Morgan fingerprint density at radius 3 is 2.67 bits per heavy atom. The predicted octanol–water partition coefficient (Wildman–Crippen LogP) is 4.02. The maximum Gasteiger partial charge on any atom is 0.251 e. The molecule has 2 aliphatic rings. The summed E-state index contributed by atoms with van der Waals surface area (Å²) in [6, 6.07) is 7.43. The number of thiophene rings is 1. The van der Waals surface area contributed by atoms with Crippen molar-refractivity contribution < 1.29 is 14.7 Å². The molecule has 2 aromatic rings. The highest BCUT2D eigenvalue weighted by molar-refractivity contribution is 7.09. The molecular formula is C26H35N3O3S. The van der Waals surface area contributed by atoms with Crippen LogP contribution in [0.3, 0.4) is 0 Å². The number of pyridine rings is 1. The van der Waals surface area contributed by atoms with Crippen LogP contribution in [0.1, 0.15) is 61.7 Å².